The van der Waals surface area contributed by atoms with Gasteiger partial charge in [0.25, 0.3) is 0 Å². The van der Waals surface area contributed by atoms with E-state index in [-0.39, 0.29) is 0 Å². The molecule has 0 rings (SSSR count). The van der Waals surface area contributed by atoms with E-state index in [1.807, 2.05) is 14.0 Å². The van der Waals surface area contributed by atoms with E-state index in [9.17, 15) is 0 Å². The molecule has 0 aromatic rings. The van der Waals surface area contributed by atoms with Gasteiger partial charge in [-0.3, -0.25) is 0 Å². The normalized spacial score (nSPS) is 9.25. The van der Waals surface area contributed by atoms with Crippen molar-refractivity contribution in [1.82, 2.24) is 10.6 Å². The Balaban J connectivity index is 3.16. The van der Waals surface area contributed by atoms with Gasteiger partial charge in [-0.2, -0.15) is 0 Å². The smallest absolute Gasteiger partial charge is 0.0165 e. The minimum Gasteiger partial charge on any atom is -0.393 e. The number of hydrogen-bond acceptors (Lipinski definition) is 2. The zero-order chi connectivity index (χ0) is 6.41. The van der Waals surface area contributed by atoms with E-state index in [0.717, 1.165) is 5.70 Å². The molecule has 0 radical (unpaired) electrons. The molecule has 0 fully saturated rings. The minimum atomic E-state index is 0.941. The predicted molar refractivity (Wildman–Crippen MR) is 36.1 cm³/mol. The zero-order valence-electron chi connectivity index (χ0n) is 5.36. The Bertz CT molecular complexity index is 94.7. The number of allylic oxidation sites excluding steroid dienone is 1. The molecule has 2 N–H and O–H groups in total. The van der Waals surface area contributed by atoms with Crippen LogP contribution in [-0.4, -0.2) is 7.05 Å². The predicted octanol–water partition coefficient (Wildman–Crippen LogP) is 0.800. The Morgan fingerprint density at radius 1 is 1.50 bits per heavy atom. The Hall–Kier alpha value is -0.920. The molecule has 2 heteroatoms. The molecular formula is C6H12N2. The van der Waals surface area contributed by atoms with Crippen molar-refractivity contribution in [1.29, 1.82) is 0 Å². The fourth-order valence-electron chi connectivity index (χ4n) is 0.267. The van der Waals surface area contributed by atoms with E-state index < -0.39 is 0 Å². The molecule has 0 saturated heterocycles. The number of rotatable bonds is 3. The third-order valence-electron chi connectivity index (χ3n) is 0.580. The Morgan fingerprint density at radius 2 is 2.12 bits per heavy atom. The molecular weight excluding hydrogens is 100 g/mol. The highest BCUT2D eigenvalue weighted by Crippen LogP contribution is 1.74. The van der Waals surface area contributed by atoms with Gasteiger partial charge in [0.1, 0.15) is 0 Å². The second kappa shape index (κ2) is 4.24. The lowest BCUT2D eigenvalue weighted by Crippen LogP contribution is -2.02. The van der Waals surface area contributed by atoms with Crippen LogP contribution in [0.5, 0.6) is 0 Å². The first-order valence-electron chi connectivity index (χ1n) is 2.51. The van der Waals surface area contributed by atoms with Gasteiger partial charge >= 0.3 is 0 Å². The van der Waals surface area contributed by atoms with E-state index in [0.29, 0.717) is 0 Å². The summed E-state index contributed by atoms with van der Waals surface area (Å²) in [4.78, 5) is 0. The molecule has 0 atom stereocenters. The molecule has 0 aliphatic rings. The molecule has 0 aliphatic heterocycles. The van der Waals surface area contributed by atoms with E-state index >= 15 is 0 Å². The summed E-state index contributed by atoms with van der Waals surface area (Å²) in [6.07, 6.45) is 3.59. The molecule has 0 aromatic heterocycles. The van der Waals surface area contributed by atoms with Gasteiger partial charge in [-0.25, -0.2) is 0 Å². The largest absolute Gasteiger partial charge is 0.393 e. The highest BCUT2D eigenvalue weighted by atomic mass is 14.9. The summed E-state index contributed by atoms with van der Waals surface area (Å²) < 4.78 is 0. The monoisotopic (exact) mass is 112 g/mol. The quantitative estimate of drug-likeness (QED) is 0.564. The van der Waals surface area contributed by atoms with Crippen LogP contribution in [0.4, 0.5) is 0 Å². The second-order valence-electron chi connectivity index (χ2n) is 1.55. The first-order chi connectivity index (χ1) is 3.77. The van der Waals surface area contributed by atoms with Crippen molar-refractivity contribution in [3.8, 4) is 0 Å². The van der Waals surface area contributed by atoms with Crippen LogP contribution in [-0.2, 0) is 0 Å². The van der Waals surface area contributed by atoms with Gasteiger partial charge in [0, 0.05) is 25.1 Å². The number of nitrogens with one attached hydrogen (secondary N) is 2. The van der Waals surface area contributed by atoms with Crippen LogP contribution < -0.4 is 10.6 Å². The van der Waals surface area contributed by atoms with Crippen LogP contribution in [0.3, 0.4) is 0 Å². The first kappa shape index (κ1) is 7.08. The van der Waals surface area contributed by atoms with Crippen LogP contribution >= 0.6 is 0 Å². The van der Waals surface area contributed by atoms with E-state index in [1.54, 1.807) is 12.4 Å². The highest BCUT2D eigenvalue weighted by molar-refractivity contribution is 4.91. The lowest BCUT2D eigenvalue weighted by atomic mass is 10.6. The standard InChI is InChI=1S/C6H12N2/c1-6(2)8-5-4-7-3/h4-5,7-8H,1H2,2-3H3/b5-4-. The fraction of sp³-hybridized carbons (Fsp3) is 0.333. The van der Waals surface area contributed by atoms with Gasteiger partial charge in [-0.05, 0) is 6.92 Å². The van der Waals surface area contributed by atoms with Crippen molar-refractivity contribution in [3.63, 3.8) is 0 Å². The Morgan fingerprint density at radius 3 is 2.50 bits per heavy atom. The maximum absolute atomic E-state index is 3.64. The Labute approximate surface area is 50.3 Å². The molecule has 0 heterocycles. The van der Waals surface area contributed by atoms with Crippen LogP contribution in [0.15, 0.2) is 24.7 Å². The minimum absolute atomic E-state index is 0.941. The topological polar surface area (TPSA) is 24.1 Å². The SMILES string of the molecule is C=C(C)N/C=C\NC. The van der Waals surface area contributed by atoms with Crippen molar-refractivity contribution in [2.75, 3.05) is 7.05 Å². The van der Waals surface area contributed by atoms with Crippen molar-refractivity contribution in [2.45, 2.75) is 6.92 Å². The van der Waals surface area contributed by atoms with Crippen molar-refractivity contribution in [3.05, 3.63) is 24.7 Å². The molecule has 0 spiro atoms. The van der Waals surface area contributed by atoms with Crippen LogP contribution in [0.25, 0.3) is 0 Å². The molecule has 0 bridgehead atoms. The summed E-state index contributed by atoms with van der Waals surface area (Å²) in [5.74, 6) is 0. The summed E-state index contributed by atoms with van der Waals surface area (Å²) >= 11 is 0. The van der Waals surface area contributed by atoms with Gasteiger partial charge in [0.2, 0.25) is 0 Å². The lowest BCUT2D eigenvalue weighted by Gasteiger charge is -1.93. The first-order valence-corrected chi connectivity index (χ1v) is 2.51. The maximum Gasteiger partial charge on any atom is 0.0165 e. The van der Waals surface area contributed by atoms with E-state index in [4.69, 9.17) is 0 Å². The molecule has 46 valence electrons. The highest BCUT2D eigenvalue weighted by Gasteiger charge is 1.70. The average Bonchev–Trinajstić information content (AvgIpc) is 1.66. The van der Waals surface area contributed by atoms with E-state index in [2.05, 4.69) is 17.2 Å². The maximum atomic E-state index is 3.64. The molecule has 0 amide bonds. The summed E-state index contributed by atoms with van der Waals surface area (Å²) in [6.45, 7) is 5.54. The molecule has 2 nitrogen and oxygen atoms in total. The lowest BCUT2D eigenvalue weighted by molar-refractivity contribution is 1.02. The summed E-state index contributed by atoms with van der Waals surface area (Å²) in [7, 11) is 1.84. The Kier molecular flexibility index (Phi) is 3.76. The van der Waals surface area contributed by atoms with Crippen molar-refractivity contribution < 1.29 is 0 Å². The van der Waals surface area contributed by atoms with Gasteiger partial charge in [0.05, 0.1) is 0 Å². The van der Waals surface area contributed by atoms with Gasteiger partial charge in [-0.1, -0.05) is 6.58 Å². The van der Waals surface area contributed by atoms with Gasteiger partial charge < -0.3 is 10.6 Å². The summed E-state index contributed by atoms with van der Waals surface area (Å²) in [6, 6.07) is 0. The third kappa shape index (κ3) is 5.08. The average molecular weight is 112 g/mol. The van der Waals surface area contributed by atoms with Gasteiger partial charge in [-0.15, -0.1) is 0 Å². The molecule has 0 saturated carbocycles. The van der Waals surface area contributed by atoms with Crippen LogP contribution in [0, 0.1) is 0 Å². The van der Waals surface area contributed by atoms with Crippen molar-refractivity contribution in [2.24, 2.45) is 0 Å². The molecule has 0 aliphatic carbocycles. The van der Waals surface area contributed by atoms with Gasteiger partial charge in [0.15, 0.2) is 0 Å². The molecule has 0 aromatic carbocycles. The zero-order valence-corrected chi connectivity index (χ0v) is 5.36. The summed E-state index contributed by atoms with van der Waals surface area (Å²) in [5, 5.41) is 5.75. The third-order valence-corrected chi connectivity index (χ3v) is 0.580. The summed E-state index contributed by atoms with van der Waals surface area (Å²) in [5.41, 5.74) is 0.941. The van der Waals surface area contributed by atoms with Crippen LogP contribution in [0.1, 0.15) is 6.92 Å². The van der Waals surface area contributed by atoms with E-state index in [1.165, 1.54) is 0 Å². The van der Waals surface area contributed by atoms with Crippen molar-refractivity contribution >= 4 is 0 Å². The number of hydrogen-bond donors (Lipinski definition) is 2. The second-order valence-corrected chi connectivity index (χ2v) is 1.55. The molecule has 8 heavy (non-hydrogen) atoms. The molecule has 0 unspecified atom stereocenters. The van der Waals surface area contributed by atoms with Crippen LogP contribution in [0.2, 0.25) is 0 Å². The fourth-order valence-corrected chi connectivity index (χ4v) is 0.267.